The molecule has 0 aliphatic rings. The van der Waals surface area contributed by atoms with E-state index in [2.05, 4.69) is 38.2 Å². The van der Waals surface area contributed by atoms with Gasteiger partial charge in [0.15, 0.2) is 0 Å². The molecule has 0 aromatic carbocycles. The lowest BCUT2D eigenvalue weighted by Crippen LogP contribution is -2.26. The first-order valence-electron chi connectivity index (χ1n) is 3.88. The Bertz CT molecular complexity index is 182. The summed E-state index contributed by atoms with van der Waals surface area (Å²) < 4.78 is 2.04. The lowest BCUT2D eigenvalue weighted by molar-refractivity contribution is 0.0443. The maximum atomic E-state index is 5.43. The van der Waals surface area contributed by atoms with E-state index in [1.165, 1.54) is 0 Å². The maximum absolute atomic E-state index is 5.43. The summed E-state index contributed by atoms with van der Waals surface area (Å²) in [6.45, 7) is 7.69. The lowest BCUT2D eigenvalue weighted by Gasteiger charge is -2.49. The Labute approximate surface area is 85.5 Å². The number of nitrogens with zero attached hydrogens (tertiary/aromatic N) is 1. The van der Waals surface area contributed by atoms with E-state index in [1.807, 2.05) is 14.7 Å². The van der Waals surface area contributed by atoms with Crippen LogP contribution >= 0.6 is 20.4 Å². The summed E-state index contributed by atoms with van der Waals surface area (Å²) in [6.07, 6.45) is 8.62. The second kappa shape index (κ2) is 4.55. The van der Waals surface area contributed by atoms with Gasteiger partial charge in [0.1, 0.15) is 0 Å². The summed E-state index contributed by atoms with van der Waals surface area (Å²) in [5, 5.41) is 3.93. The van der Waals surface area contributed by atoms with Crippen LogP contribution in [0.3, 0.4) is 0 Å². The van der Waals surface area contributed by atoms with Gasteiger partial charge in [-0.3, -0.25) is 4.84 Å². The third-order valence-electron chi connectivity index (χ3n) is 1.73. The zero-order valence-corrected chi connectivity index (χ0v) is 10.9. The molecule has 80 valence electrons. The van der Waals surface area contributed by atoms with Gasteiger partial charge in [-0.05, 0) is 35.8 Å². The second-order valence-electron chi connectivity index (χ2n) is 3.44. The van der Waals surface area contributed by atoms with E-state index in [-0.39, 0.29) is 0 Å². The van der Waals surface area contributed by atoms with Crippen molar-refractivity contribution in [3.8, 4) is 0 Å². The van der Waals surface area contributed by atoms with Gasteiger partial charge < -0.3 is 0 Å². The predicted octanol–water partition coefficient (Wildman–Crippen LogP) is 3.10. The Morgan fingerprint density at radius 2 is 1.31 bits per heavy atom. The van der Waals surface area contributed by atoms with E-state index in [4.69, 9.17) is 4.84 Å². The van der Waals surface area contributed by atoms with E-state index in [1.54, 1.807) is 7.11 Å². The van der Waals surface area contributed by atoms with E-state index in [0.717, 1.165) is 0 Å². The van der Waals surface area contributed by atoms with Crippen LogP contribution in [0, 0.1) is 0 Å². The van der Waals surface area contributed by atoms with Gasteiger partial charge in [0.05, 0.1) is 7.11 Å². The number of hydrogen-bond donors (Lipinski definition) is 0. The molecule has 0 aliphatic carbocycles. The summed E-state index contributed by atoms with van der Waals surface area (Å²) in [5.74, 6) is 0. The van der Waals surface area contributed by atoms with E-state index in [9.17, 15) is 0 Å². The molecule has 0 radical (unpaired) electrons. The predicted molar refractivity (Wildman–Crippen MR) is 68.1 cm³/mol. The minimum atomic E-state index is -1.04. The molecule has 0 spiro atoms. The van der Waals surface area contributed by atoms with Crippen molar-refractivity contribution in [1.82, 2.24) is 3.87 Å². The Kier molecular flexibility index (Phi) is 4.59. The monoisotopic (exact) mass is 223 g/mol. The smallest absolute Gasteiger partial charge is 0.0596 e. The van der Waals surface area contributed by atoms with Crippen molar-refractivity contribution in [3.63, 3.8) is 0 Å². The molecule has 0 aliphatic heterocycles. The number of hydrogen-bond acceptors (Lipinski definition) is 2. The minimum absolute atomic E-state index is 1.04. The van der Waals surface area contributed by atoms with E-state index < -0.39 is 20.4 Å². The first-order valence-corrected chi connectivity index (χ1v) is 8.82. The molecule has 0 amide bonds. The van der Waals surface area contributed by atoms with Gasteiger partial charge in [0.25, 0.3) is 0 Å². The quantitative estimate of drug-likeness (QED) is 0.664. The van der Waals surface area contributed by atoms with Crippen molar-refractivity contribution in [2.45, 2.75) is 0 Å². The van der Waals surface area contributed by atoms with Crippen LogP contribution in [-0.4, -0.2) is 36.0 Å². The van der Waals surface area contributed by atoms with Crippen molar-refractivity contribution in [2.75, 3.05) is 32.1 Å². The molecule has 13 heavy (non-hydrogen) atoms. The van der Waals surface area contributed by atoms with Crippen molar-refractivity contribution >= 4 is 20.4 Å². The summed E-state index contributed by atoms with van der Waals surface area (Å²) >= 11 is 0. The van der Waals surface area contributed by atoms with Crippen LogP contribution < -0.4 is 0 Å². The van der Waals surface area contributed by atoms with Crippen LogP contribution in [-0.2, 0) is 4.84 Å². The van der Waals surface area contributed by atoms with Gasteiger partial charge in [-0.15, -0.1) is 24.3 Å². The molecule has 0 saturated carbocycles. The molecule has 0 N–H and O–H groups in total. The fourth-order valence-electron chi connectivity index (χ4n) is 1.00. The van der Waals surface area contributed by atoms with E-state index in [0.29, 0.717) is 0 Å². The van der Waals surface area contributed by atoms with E-state index >= 15 is 0 Å². The molecule has 4 heteroatoms. The van der Waals surface area contributed by atoms with Gasteiger partial charge in [-0.1, -0.05) is 13.2 Å². The Morgan fingerprint density at radius 1 is 1.00 bits per heavy atom. The third-order valence-corrected chi connectivity index (χ3v) is 7.50. The van der Waals surface area contributed by atoms with Crippen molar-refractivity contribution in [3.05, 3.63) is 24.0 Å². The minimum Gasteiger partial charge on any atom is -0.283 e. The van der Waals surface area contributed by atoms with Crippen LogP contribution in [0.1, 0.15) is 0 Å². The molecular formula is C9H21NOS2. The van der Waals surface area contributed by atoms with Crippen LogP contribution in [0.4, 0.5) is 0 Å². The Morgan fingerprint density at radius 3 is 1.46 bits per heavy atom. The second-order valence-corrected chi connectivity index (χ2v) is 10.4. The molecule has 0 fully saturated rings. The zero-order valence-electron chi connectivity index (χ0n) is 9.24. The fourth-order valence-corrected chi connectivity index (χ4v) is 6.34. The molecule has 2 nitrogen and oxygen atoms in total. The zero-order chi connectivity index (χ0) is 10.7. The highest BCUT2D eigenvalue weighted by molar-refractivity contribution is 8.46. The fraction of sp³-hybridized carbons (Fsp3) is 0.556. The SMILES string of the molecule is C=CS(C)(C)N(OC)S(C)(C)C=C. The Hall–Kier alpha value is 0.1000. The largest absolute Gasteiger partial charge is 0.283 e. The average molecular weight is 223 g/mol. The molecular weight excluding hydrogens is 202 g/mol. The van der Waals surface area contributed by atoms with Crippen molar-refractivity contribution in [2.24, 2.45) is 0 Å². The highest BCUT2D eigenvalue weighted by Gasteiger charge is 2.27. The summed E-state index contributed by atoms with van der Waals surface area (Å²) in [5.41, 5.74) is 0. The molecule has 0 rings (SSSR count). The molecule has 0 atom stereocenters. The van der Waals surface area contributed by atoms with Gasteiger partial charge in [-0.25, -0.2) is 0 Å². The highest BCUT2D eigenvalue weighted by atomic mass is 32.3. The summed E-state index contributed by atoms with van der Waals surface area (Å²) in [6, 6.07) is 0. The topological polar surface area (TPSA) is 12.5 Å². The molecule has 0 unspecified atom stereocenters. The van der Waals surface area contributed by atoms with Gasteiger partial charge in [0.2, 0.25) is 0 Å². The molecule has 0 bridgehead atoms. The van der Waals surface area contributed by atoms with Crippen LogP contribution in [0.25, 0.3) is 0 Å². The van der Waals surface area contributed by atoms with Gasteiger partial charge in [0, 0.05) is 0 Å². The van der Waals surface area contributed by atoms with Gasteiger partial charge >= 0.3 is 0 Å². The normalized spacial score (nSPS) is 15.5. The standard InChI is InChI=1S/C9H21NOS2/c1-8-12(4,5)10(11-3)13(6,7)9-2/h8-9H,1-2H2,3-7H3. The van der Waals surface area contributed by atoms with Crippen LogP contribution in [0.2, 0.25) is 0 Å². The Balaban J connectivity index is 4.89. The third kappa shape index (κ3) is 3.06. The van der Waals surface area contributed by atoms with Crippen LogP contribution in [0.5, 0.6) is 0 Å². The maximum Gasteiger partial charge on any atom is 0.0596 e. The number of rotatable bonds is 5. The average Bonchev–Trinajstić information content (AvgIpc) is 2.05. The van der Waals surface area contributed by atoms with Crippen LogP contribution in [0.15, 0.2) is 24.0 Å². The first-order chi connectivity index (χ1) is 5.81. The van der Waals surface area contributed by atoms with Gasteiger partial charge in [-0.2, -0.15) is 0 Å². The lowest BCUT2D eigenvalue weighted by atomic mass is 11.3. The highest BCUT2D eigenvalue weighted by Crippen LogP contribution is 2.61. The summed E-state index contributed by atoms with van der Waals surface area (Å²) in [7, 11) is -0.374. The first kappa shape index (κ1) is 13.1. The molecule has 0 aromatic heterocycles. The molecule has 0 aromatic rings. The summed E-state index contributed by atoms with van der Waals surface area (Å²) in [4.78, 5) is 5.43. The van der Waals surface area contributed by atoms with Crippen molar-refractivity contribution < 1.29 is 4.84 Å². The molecule has 0 heterocycles. The van der Waals surface area contributed by atoms with Crippen molar-refractivity contribution in [1.29, 1.82) is 0 Å². The molecule has 0 saturated heterocycles.